The number of benzene rings is 2. The van der Waals surface area contributed by atoms with Crippen LogP contribution in [0, 0.1) is 5.92 Å². The summed E-state index contributed by atoms with van der Waals surface area (Å²) in [6.07, 6.45) is 4.98. The number of thiocarbonyl (C=S) groups is 1. The molecule has 0 saturated carbocycles. The highest BCUT2D eigenvalue weighted by atomic mass is 32.2. The molecule has 216 valence electrons. The van der Waals surface area contributed by atoms with E-state index in [4.69, 9.17) is 21.9 Å². The molecule has 2 aliphatic heterocycles. The zero-order chi connectivity index (χ0) is 29.4. The lowest BCUT2D eigenvalue weighted by Gasteiger charge is -2.29. The molecule has 2 aliphatic rings. The van der Waals surface area contributed by atoms with Gasteiger partial charge in [-0.25, -0.2) is 13.1 Å². The van der Waals surface area contributed by atoms with E-state index in [1.54, 1.807) is 41.2 Å². The maximum absolute atomic E-state index is 13.5. The second kappa shape index (κ2) is 11.8. The van der Waals surface area contributed by atoms with E-state index in [9.17, 15) is 21.6 Å². The van der Waals surface area contributed by atoms with Crippen LogP contribution >= 0.6 is 24.0 Å². The summed E-state index contributed by atoms with van der Waals surface area (Å²) >= 11 is 6.31. The van der Waals surface area contributed by atoms with Crippen molar-refractivity contribution in [2.24, 2.45) is 5.92 Å². The highest BCUT2D eigenvalue weighted by Gasteiger charge is 2.33. The third-order valence-corrected chi connectivity index (χ3v) is 11.0. The molecule has 10 nitrogen and oxygen atoms in total. The molecule has 5 rings (SSSR count). The van der Waals surface area contributed by atoms with E-state index >= 15 is 0 Å². The number of nitrogens with zero attached hydrogens (tertiary/aromatic N) is 4. The molecule has 1 amide bonds. The summed E-state index contributed by atoms with van der Waals surface area (Å²) in [6, 6.07) is 16.0. The van der Waals surface area contributed by atoms with Gasteiger partial charge in [-0.2, -0.15) is 17.8 Å². The number of hydrogen-bond donors (Lipinski definition) is 1. The van der Waals surface area contributed by atoms with E-state index in [-0.39, 0.29) is 20.7 Å². The van der Waals surface area contributed by atoms with Crippen LogP contribution in [0.15, 0.2) is 70.6 Å². The lowest BCUT2D eigenvalue weighted by molar-refractivity contribution is -0.121. The normalized spacial score (nSPS) is 18.5. The van der Waals surface area contributed by atoms with Crippen molar-refractivity contribution in [2.45, 2.75) is 24.7 Å². The van der Waals surface area contributed by atoms with E-state index in [2.05, 4.69) is 6.92 Å². The summed E-state index contributed by atoms with van der Waals surface area (Å²) in [5.41, 5.74) is 2.33. The van der Waals surface area contributed by atoms with Crippen LogP contribution in [-0.2, 0) is 24.9 Å². The molecule has 41 heavy (non-hydrogen) atoms. The van der Waals surface area contributed by atoms with Gasteiger partial charge in [0.15, 0.2) is 0 Å². The number of carbonyl (C=O) groups is 1. The largest absolute Gasteiger partial charge is 0.292 e. The van der Waals surface area contributed by atoms with E-state index in [1.165, 1.54) is 4.31 Å². The van der Waals surface area contributed by atoms with Crippen molar-refractivity contribution in [1.82, 2.24) is 19.0 Å². The van der Waals surface area contributed by atoms with Gasteiger partial charge in [0, 0.05) is 37.0 Å². The summed E-state index contributed by atoms with van der Waals surface area (Å²) < 4.78 is 61.8. The fourth-order valence-electron chi connectivity index (χ4n) is 4.65. The summed E-state index contributed by atoms with van der Waals surface area (Å²) in [7, 11) is -7.99. The third-order valence-electron chi connectivity index (χ3n) is 6.98. The van der Waals surface area contributed by atoms with Crippen LogP contribution in [0.1, 0.15) is 25.3 Å². The zero-order valence-corrected chi connectivity index (χ0v) is 25.3. The Morgan fingerprint density at radius 2 is 1.78 bits per heavy atom. The Balaban J connectivity index is 1.53. The molecule has 1 N–H and O–H groups in total. The monoisotopic (exact) mass is 632 g/mol. The van der Waals surface area contributed by atoms with Gasteiger partial charge in [0.05, 0.1) is 21.2 Å². The minimum Gasteiger partial charge on any atom is -0.292 e. The third kappa shape index (κ3) is 6.63. The smallest absolute Gasteiger partial charge is 0.266 e. The highest BCUT2D eigenvalue weighted by molar-refractivity contribution is 8.26. The number of thioether (sulfide) groups is 1. The van der Waals surface area contributed by atoms with E-state index < -0.39 is 31.8 Å². The van der Waals surface area contributed by atoms with Gasteiger partial charge in [-0.3, -0.25) is 14.2 Å². The molecule has 0 unspecified atom stereocenters. The zero-order valence-electron chi connectivity index (χ0n) is 22.1. The van der Waals surface area contributed by atoms with Gasteiger partial charge in [0.1, 0.15) is 10.0 Å². The lowest BCUT2D eigenvalue weighted by atomic mass is 10.0. The minimum atomic E-state index is -4.28. The van der Waals surface area contributed by atoms with Crippen molar-refractivity contribution in [3.63, 3.8) is 0 Å². The van der Waals surface area contributed by atoms with Crippen molar-refractivity contribution < 1.29 is 26.2 Å². The molecule has 3 heterocycles. The maximum atomic E-state index is 13.5. The first-order chi connectivity index (χ1) is 19.4. The van der Waals surface area contributed by atoms with Crippen LogP contribution in [0.25, 0.3) is 23.0 Å². The van der Waals surface area contributed by atoms with Gasteiger partial charge in [-0.15, -0.1) is 0 Å². The number of rotatable bonds is 8. The molecule has 0 aliphatic carbocycles. The molecule has 0 atom stereocenters. The van der Waals surface area contributed by atoms with E-state index in [0.29, 0.717) is 35.8 Å². The molecule has 3 aromatic rings. The molecule has 0 spiro atoms. The number of carbonyl (C=O) groups excluding carboxylic acids is 1. The van der Waals surface area contributed by atoms with Crippen LogP contribution in [0.2, 0.25) is 0 Å². The average Bonchev–Trinajstić information content (AvgIpc) is 3.48. The highest BCUT2D eigenvalue weighted by Crippen LogP contribution is 2.35. The standard InChI is InChI=1S/C27H28N4O6S4/c1-19-10-12-29(13-11-19)41(36,37)23-9-5-6-20(16-23)25-21(18-31(28-25)22-7-3-2-4-8-22)17-24-26(32)30(27(38)39-24)14-15-40(33,34)35/h2-9,16-19H,10-15H2,1H3,(H,33,34,35)/b24-17-. The number of para-hydroxylation sites is 1. The van der Waals surface area contributed by atoms with Gasteiger partial charge in [-0.1, -0.05) is 61.2 Å². The summed E-state index contributed by atoms with van der Waals surface area (Å²) in [4.78, 5) is 14.7. The fraction of sp³-hybridized carbons (Fsp3) is 0.296. The van der Waals surface area contributed by atoms with E-state index in [0.717, 1.165) is 35.2 Å². The summed E-state index contributed by atoms with van der Waals surface area (Å²) in [5.74, 6) is -0.641. The molecule has 2 aromatic carbocycles. The first kappa shape index (κ1) is 29.6. The first-order valence-electron chi connectivity index (χ1n) is 12.9. The van der Waals surface area contributed by atoms with Crippen molar-refractivity contribution >= 4 is 60.4 Å². The summed E-state index contributed by atoms with van der Waals surface area (Å²) in [5, 5.41) is 4.75. The molecule has 2 fully saturated rings. The molecular weight excluding hydrogens is 605 g/mol. The maximum Gasteiger partial charge on any atom is 0.266 e. The van der Waals surface area contributed by atoms with Gasteiger partial charge in [-0.05, 0) is 49.1 Å². The fourth-order valence-corrected chi connectivity index (χ4v) is 7.88. The van der Waals surface area contributed by atoms with Gasteiger partial charge in [0.25, 0.3) is 16.0 Å². The molecule has 2 saturated heterocycles. The number of piperidine rings is 1. The molecule has 0 bridgehead atoms. The van der Waals surface area contributed by atoms with Crippen molar-refractivity contribution in [1.29, 1.82) is 0 Å². The Labute approximate surface area is 248 Å². The molecule has 1 aromatic heterocycles. The van der Waals surface area contributed by atoms with Gasteiger partial charge >= 0.3 is 0 Å². The van der Waals surface area contributed by atoms with Crippen LogP contribution < -0.4 is 0 Å². The Morgan fingerprint density at radius 1 is 1.07 bits per heavy atom. The van der Waals surface area contributed by atoms with Crippen LogP contribution in [0.5, 0.6) is 0 Å². The SMILES string of the molecule is CC1CCN(S(=O)(=O)c2cccc(-c3nn(-c4ccccc4)cc3/C=C3\SC(=S)N(CCS(=O)(=O)O)C3=O)c2)CC1. The lowest BCUT2D eigenvalue weighted by Crippen LogP contribution is -2.37. The Bertz CT molecular complexity index is 1730. The van der Waals surface area contributed by atoms with Crippen LogP contribution in [0.3, 0.4) is 0 Å². The summed E-state index contributed by atoms with van der Waals surface area (Å²) in [6.45, 7) is 2.80. The number of amides is 1. The predicted molar refractivity (Wildman–Crippen MR) is 162 cm³/mol. The quantitative estimate of drug-likeness (QED) is 0.222. The van der Waals surface area contributed by atoms with Gasteiger partial charge in [0.2, 0.25) is 10.0 Å². The molecular formula is C27H28N4O6S4. The number of sulfonamides is 1. The van der Waals surface area contributed by atoms with Crippen LogP contribution in [0.4, 0.5) is 0 Å². The molecule has 14 heteroatoms. The average molecular weight is 633 g/mol. The number of aromatic nitrogens is 2. The Morgan fingerprint density at radius 3 is 2.46 bits per heavy atom. The second-order valence-corrected chi connectivity index (χ2v) is 15.1. The first-order valence-corrected chi connectivity index (χ1v) is 17.2. The minimum absolute atomic E-state index is 0.168. The Hall–Kier alpha value is -2.88. The molecule has 0 radical (unpaired) electrons. The second-order valence-electron chi connectivity index (χ2n) is 9.95. The van der Waals surface area contributed by atoms with Crippen LogP contribution in [-0.4, -0.2) is 76.0 Å². The predicted octanol–water partition coefficient (Wildman–Crippen LogP) is 4.05. The van der Waals surface area contributed by atoms with Crippen molar-refractivity contribution in [2.75, 3.05) is 25.4 Å². The van der Waals surface area contributed by atoms with Crippen molar-refractivity contribution in [3.05, 3.63) is 71.3 Å². The Kier molecular flexibility index (Phi) is 8.51. The number of hydrogen-bond acceptors (Lipinski definition) is 8. The topological polar surface area (TPSA) is 130 Å². The van der Waals surface area contributed by atoms with Crippen molar-refractivity contribution in [3.8, 4) is 16.9 Å². The van der Waals surface area contributed by atoms with E-state index in [1.807, 2.05) is 30.3 Å². The van der Waals surface area contributed by atoms with Gasteiger partial charge < -0.3 is 0 Å².